The van der Waals surface area contributed by atoms with Gasteiger partial charge in [-0.05, 0) is 55.3 Å². The van der Waals surface area contributed by atoms with Crippen molar-refractivity contribution in [1.29, 1.82) is 0 Å². The van der Waals surface area contributed by atoms with Crippen molar-refractivity contribution in [2.24, 2.45) is 0 Å². The number of aromatic nitrogens is 2. The SMILES string of the molecule is O=C(Cn1c(=O)c(=O)[nH]c2cc(F)ccc21)Nc1ccc(N2CCCC2)cc1. The van der Waals surface area contributed by atoms with Gasteiger partial charge in [0.1, 0.15) is 12.4 Å². The van der Waals surface area contributed by atoms with E-state index in [9.17, 15) is 18.8 Å². The molecule has 1 saturated heterocycles. The number of nitrogens with zero attached hydrogens (tertiary/aromatic N) is 2. The number of hydrogen-bond donors (Lipinski definition) is 2. The van der Waals surface area contributed by atoms with Crippen molar-refractivity contribution in [3.8, 4) is 0 Å². The van der Waals surface area contributed by atoms with Gasteiger partial charge in [-0.25, -0.2) is 4.39 Å². The molecule has 0 bridgehead atoms. The van der Waals surface area contributed by atoms with E-state index < -0.39 is 22.8 Å². The average molecular weight is 382 g/mol. The van der Waals surface area contributed by atoms with Crippen molar-refractivity contribution in [2.45, 2.75) is 19.4 Å². The lowest BCUT2D eigenvalue weighted by molar-refractivity contribution is -0.116. The zero-order valence-corrected chi connectivity index (χ0v) is 15.1. The summed E-state index contributed by atoms with van der Waals surface area (Å²) in [4.78, 5) is 41.1. The third kappa shape index (κ3) is 3.53. The molecule has 3 aromatic rings. The fourth-order valence-electron chi connectivity index (χ4n) is 3.48. The van der Waals surface area contributed by atoms with Crippen molar-refractivity contribution >= 4 is 28.3 Å². The molecular weight excluding hydrogens is 363 g/mol. The molecule has 1 fully saturated rings. The molecule has 1 aromatic heterocycles. The summed E-state index contributed by atoms with van der Waals surface area (Å²) in [5, 5.41) is 2.73. The molecule has 2 N–H and O–H groups in total. The van der Waals surface area contributed by atoms with Gasteiger partial charge in [0.2, 0.25) is 5.91 Å². The summed E-state index contributed by atoms with van der Waals surface area (Å²) < 4.78 is 14.4. The molecule has 2 aromatic carbocycles. The van der Waals surface area contributed by atoms with Crippen LogP contribution in [0.3, 0.4) is 0 Å². The van der Waals surface area contributed by atoms with E-state index >= 15 is 0 Å². The Balaban J connectivity index is 1.54. The monoisotopic (exact) mass is 382 g/mol. The van der Waals surface area contributed by atoms with E-state index in [-0.39, 0.29) is 17.6 Å². The number of hydrogen-bond acceptors (Lipinski definition) is 4. The second kappa shape index (κ2) is 7.30. The molecule has 2 heterocycles. The van der Waals surface area contributed by atoms with Gasteiger partial charge >= 0.3 is 11.1 Å². The highest BCUT2D eigenvalue weighted by atomic mass is 19.1. The quantitative estimate of drug-likeness (QED) is 0.677. The number of carbonyl (C=O) groups is 1. The number of halogens is 1. The largest absolute Gasteiger partial charge is 0.372 e. The molecule has 1 amide bonds. The summed E-state index contributed by atoms with van der Waals surface area (Å²) in [5.41, 5.74) is 0.382. The summed E-state index contributed by atoms with van der Waals surface area (Å²) in [6.07, 6.45) is 2.36. The number of aromatic amines is 1. The van der Waals surface area contributed by atoms with Gasteiger partial charge in [0.05, 0.1) is 11.0 Å². The van der Waals surface area contributed by atoms with Crippen LogP contribution in [0.2, 0.25) is 0 Å². The van der Waals surface area contributed by atoms with E-state index in [0.717, 1.165) is 29.4 Å². The molecular formula is C20H19FN4O3. The summed E-state index contributed by atoms with van der Waals surface area (Å²) in [6, 6.07) is 11.1. The van der Waals surface area contributed by atoms with Gasteiger partial charge in [-0.1, -0.05) is 0 Å². The van der Waals surface area contributed by atoms with E-state index in [1.54, 1.807) is 12.1 Å². The van der Waals surface area contributed by atoms with E-state index in [1.165, 1.54) is 25.0 Å². The number of anilines is 2. The Morgan fingerprint density at radius 1 is 1.07 bits per heavy atom. The van der Waals surface area contributed by atoms with Gasteiger partial charge in [0, 0.05) is 24.5 Å². The van der Waals surface area contributed by atoms with Crippen LogP contribution in [0.15, 0.2) is 52.1 Å². The predicted molar refractivity (Wildman–Crippen MR) is 105 cm³/mol. The smallest absolute Gasteiger partial charge is 0.317 e. The van der Waals surface area contributed by atoms with Gasteiger partial charge in [-0.2, -0.15) is 0 Å². The van der Waals surface area contributed by atoms with Crippen LogP contribution in [0.25, 0.3) is 11.0 Å². The van der Waals surface area contributed by atoms with Crippen LogP contribution in [-0.4, -0.2) is 28.5 Å². The lowest BCUT2D eigenvalue weighted by Gasteiger charge is -2.18. The molecule has 0 aliphatic carbocycles. The molecule has 0 saturated carbocycles. The second-order valence-corrected chi connectivity index (χ2v) is 6.80. The molecule has 4 rings (SSSR count). The van der Waals surface area contributed by atoms with E-state index in [1.807, 2.05) is 12.1 Å². The molecule has 8 heteroatoms. The minimum absolute atomic E-state index is 0.160. The summed E-state index contributed by atoms with van der Waals surface area (Å²) >= 11 is 0. The number of carbonyl (C=O) groups excluding carboxylic acids is 1. The lowest BCUT2D eigenvalue weighted by atomic mass is 10.2. The van der Waals surface area contributed by atoms with Crippen LogP contribution in [0.4, 0.5) is 15.8 Å². The minimum Gasteiger partial charge on any atom is -0.372 e. The first kappa shape index (κ1) is 18.0. The molecule has 0 unspecified atom stereocenters. The van der Waals surface area contributed by atoms with Gasteiger partial charge < -0.3 is 15.2 Å². The first-order valence-corrected chi connectivity index (χ1v) is 9.08. The van der Waals surface area contributed by atoms with Crippen molar-refractivity contribution in [3.05, 3.63) is 69.0 Å². The Hall–Kier alpha value is -3.42. The lowest BCUT2D eigenvalue weighted by Crippen LogP contribution is -2.38. The molecule has 28 heavy (non-hydrogen) atoms. The van der Waals surface area contributed by atoms with Crippen LogP contribution >= 0.6 is 0 Å². The number of benzene rings is 2. The van der Waals surface area contributed by atoms with Crippen molar-refractivity contribution < 1.29 is 9.18 Å². The fraction of sp³-hybridized carbons (Fsp3) is 0.250. The normalized spacial score (nSPS) is 13.8. The molecule has 1 aliphatic rings. The Kier molecular flexibility index (Phi) is 4.68. The minimum atomic E-state index is -0.902. The van der Waals surface area contributed by atoms with Crippen LogP contribution < -0.4 is 21.3 Å². The maximum absolute atomic E-state index is 13.4. The van der Waals surface area contributed by atoms with Gasteiger partial charge in [0.25, 0.3) is 0 Å². The molecule has 0 radical (unpaired) electrons. The number of nitrogens with one attached hydrogen (secondary N) is 2. The second-order valence-electron chi connectivity index (χ2n) is 6.80. The maximum Gasteiger partial charge on any atom is 0.317 e. The highest BCUT2D eigenvalue weighted by Gasteiger charge is 2.14. The van der Waals surface area contributed by atoms with Crippen molar-refractivity contribution in [1.82, 2.24) is 9.55 Å². The Morgan fingerprint density at radius 3 is 2.50 bits per heavy atom. The molecule has 7 nitrogen and oxygen atoms in total. The summed E-state index contributed by atoms with van der Waals surface area (Å²) in [7, 11) is 0. The predicted octanol–water partition coefficient (Wildman–Crippen LogP) is 2.07. The molecule has 1 aliphatic heterocycles. The number of rotatable bonds is 4. The highest BCUT2D eigenvalue weighted by molar-refractivity contribution is 5.91. The number of amides is 1. The van der Waals surface area contributed by atoms with Crippen molar-refractivity contribution in [2.75, 3.05) is 23.3 Å². The number of fused-ring (bicyclic) bond motifs is 1. The van der Waals surface area contributed by atoms with E-state index in [4.69, 9.17) is 0 Å². The standard InChI is InChI=1S/C20H19FN4O3/c21-13-3-8-17-16(11-13)23-19(27)20(28)25(17)12-18(26)22-14-4-6-15(7-5-14)24-9-1-2-10-24/h3-8,11H,1-2,9-10,12H2,(H,22,26)(H,23,27). The Labute approximate surface area is 159 Å². The fourth-order valence-corrected chi connectivity index (χ4v) is 3.48. The van der Waals surface area contributed by atoms with Crippen LogP contribution in [0.1, 0.15) is 12.8 Å². The highest BCUT2D eigenvalue weighted by Crippen LogP contribution is 2.22. The van der Waals surface area contributed by atoms with E-state index in [2.05, 4.69) is 15.2 Å². The molecule has 0 spiro atoms. The first-order valence-electron chi connectivity index (χ1n) is 9.08. The van der Waals surface area contributed by atoms with Crippen LogP contribution in [0.5, 0.6) is 0 Å². The Bertz CT molecular complexity index is 1140. The third-order valence-electron chi connectivity index (χ3n) is 4.86. The summed E-state index contributed by atoms with van der Waals surface area (Å²) in [6.45, 7) is 1.72. The van der Waals surface area contributed by atoms with E-state index in [0.29, 0.717) is 5.69 Å². The maximum atomic E-state index is 13.4. The number of H-pyrrole nitrogens is 1. The third-order valence-corrected chi connectivity index (χ3v) is 4.86. The van der Waals surface area contributed by atoms with Gasteiger partial charge in [-0.3, -0.25) is 19.0 Å². The molecule has 0 atom stereocenters. The molecule has 144 valence electrons. The zero-order chi connectivity index (χ0) is 19.7. The first-order chi connectivity index (χ1) is 13.5. The average Bonchev–Trinajstić information content (AvgIpc) is 3.20. The Morgan fingerprint density at radius 2 is 1.79 bits per heavy atom. The zero-order valence-electron chi connectivity index (χ0n) is 15.1. The summed E-state index contributed by atoms with van der Waals surface area (Å²) in [5.74, 6) is -0.997. The van der Waals surface area contributed by atoms with Gasteiger partial charge in [-0.15, -0.1) is 0 Å². The van der Waals surface area contributed by atoms with Crippen LogP contribution in [0, 0.1) is 5.82 Å². The van der Waals surface area contributed by atoms with Crippen LogP contribution in [-0.2, 0) is 11.3 Å². The topological polar surface area (TPSA) is 87.2 Å². The van der Waals surface area contributed by atoms with Crippen molar-refractivity contribution in [3.63, 3.8) is 0 Å². The van der Waals surface area contributed by atoms with Gasteiger partial charge in [0.15, 0.2) is 0 Å².